The summed E-state index contributed by atoms with van der Waals surface area (Å²) in [6, 6.07) is 19.4. The second-order valence-electron chi connectivity index (χ2n) is 6.76. The van der Waals surface area contributed by atoms with Gasteiger partial charge in [0.05, 0.1) is 29.6 Å². The van der Waals surface area contributed by atoms with Gasteiger partial charge in [-0.25, -0.2) is 10.2 Å². The number of nitrogens with zero attached hydrogens (tertiary/aromatic N) is 3. The highest BCUT2D eigenvalue weighted by atomic mass is 32.2. The number of hydrogen-bond donors (Lipinski definition) is 1. The third kappa shape index (κ3) is 5.20. The molecule has 0 fully saturated rings. The summed E-state index contributed by atoms with van der Waals surface area (Å²) in [4.78, 5) is 23.9. The summed E-state index contributed by atoms with van der Waals surface area (Å²) in [5.41, 5.74) is 4.93. The van der Waals surface area contributed by atoms with Crippen molar-refractivity contribution in [3.63, 3.8) is 0 Å². The molecule has 0 aliphatic heterocycles. The Morgan fingerprint density at radius 1 is 1.16 bits per heavy atom. The fourth-order valence-corrected chi connectivity index (χ4v) is 3.94. The van der Waals surface area contributed by atoms with Crippen molar-refractivity contribution in [2.45, 2.75) is 23.1 Å². The van der Waals surface area contributed by atoms with E-state index in [1.165, 1.54) is 11.8 Å². The van der Waals surface area contributed by atoms with Crippen molar-refractivity contribution in [1.82, 2.24) is 20.2 Å². The van der Waals surface area contributed by atoms with Crippen LogP contribution in [0, 0.1) is 0 Å². The topological polar surface area (TPSA) is 69.0 Å². The Hall–Kier alpha value is -3.42. The summed E-state index contributed by atoms with van der Waals surface area (Å²) in [6.07, 6.45) is 8.24. The van der Waals surface area contributed by atoms with Gasteiger partial charge in [0, 0.05) is 27.6 Å². The van der Waals surface area contributed by atoms with E-state index < -0.39 is 0 Å². The molecule has 0 aliphatic rings. The molecule has 0 atom stereocenters. The van der Waals surface area contributed by atoms with Crippen molar-refractivity contribution in [1.29, 1.82) is 0 Å². The van der Waals surface area contributed by atoms with Gasteiger partial charge in [0.15, 0.2) is 0 Å². The molecule has 31 heavy (non-hydrogen) atoms. The number of aromatic nitrogens is 3. The zero-order chi connectivity index (χ0) is 21.5. The van der Waals surface area contributed by atoms with Crippen molar-refractivity contribution in [2.24, 2.45) is 0 Å². The second-order valence-corrected chi connectivity index (χ2v) is 7.87. The van der Waals surface area contributed by atoms with Crippen molar-refractivity contribution in [3.8, 4) is 0 Å². The Morgan fingerprint density at radius 2 is 2.03 bits per heavy atom. The first kappa shape index (κ1) is 20.8. The molecule has 4 rings (SSSR count). The van der Waals surface area contributed by atoms with E-state index in [1.807, 2.05) is 78.6 Å². The van der Waals surface area contributed by atoms with Gasteiger partial charge in [0.2, 0.25) is 0 Å². The van der Waals surface area contributed by atoms with Gasteiger partial charge >= 0.3 is 0 Å². The number of amides is 1. The lowest BCUT2D eigenvalue weighted by atomic mass is 10.2. The van der Waals surface area contributed by atoms with E-state index in [2.05, 4.69) is 21.6 Å². The molecule has 1 N–H and O–H groups in total. The van der Waals surface area contributed by atoms with Gasteiger partial charge in [0.25, 0.3) is 5.91 Å². The van der Waals surface area contributed by atoms with Crippen LogP contribution < -0.4 is 5.48 Å². The molecule has 6 nitrogen and oxygen atoms in total. The lowest BCUT2D eigenvalue weighted by Gasteiger charge is -2.10. The van der Waals surface area contributed by atoms with Gasteiger partial charge in [-0.1, -0.05) is 43.0 Å². The van der Waals surface area contributed by atoms with Crippen LogP contribution in [-0.2, 0) is 4.84 Å². The highest BCUT2D eigenvalue weighted by Gasteiger charge is 2.13. The van der Waals surface area contributed by atoms with Gasteiger partial charge in [-0.05, 0) is 48.9 Å². The zero-order valence-electron chi connectivity index (χ0n) is 17.1. The average molecular weight is 431 g/mol. The van der Waals surface area contributed by atoms with Crippen molar-refractivity contribution < 1.29 is 9.63 Å². The quantitative estimate of drug-likeness (QED) is 0.304. The molecule has 0 saturated heterocycles. The summed E-state index contributed by atoms with van der Waals surface area (Å²) < 4.78 is 1.82. The molecule has 156 valence electrons. The van der Waals surface area contributed by atoms with Crippen molar-refractivity contribution >= 4 is 40.8 Å². The van der Waals surface area contributed by atoms with E-state index in [1.54, 1.807) is 12.3 Å². The maximum Gasteiger partial charge on any atom is 0.275 e. The highest BCUT2D eigenvalue weighted by Crippen LogP contribution is 2.32. The normalized spacial score (nSPS) is 11.3. The summed E-state index contributed by atoms with van der Waals surface area (Å²) in [5, 5.41) is 5.49. The third-order valence-electron chi connectivity index (χ3n) is 4.47. The van der Waals surface area contributed by atoms with Crippen LogP contribution in [0.25, 0.3) is 23.2 Å². The first-order valence-corrected chi connectivity index (χ1v) is 10.8. The molecular weight excluding hydrogens is 408 g/mol. The van der Waals surface area contributed by atoms with Crippen LogP contribution in [0.15, 0.2) is 82.8 Å². The fourth-order valence-electron chi connectivity index (χ4n) is 2.97. The Balaban J connectivity index is 1.57. The summed E-state index contributed by atoms with van der Waals surface area (Å²) >= 11 is 1.53. The molecule has 0 saturated carbocycles. The van der Waals surface area contributed by atoms with Gasteiger partial charge in [0.1, 0.15) is 0 Å². The Labute approximate surface area is 184 Å². The number of carbonyl (C=O) groups is 1. The minimum atomic E-state index is -0.249. The number of fused-ring (bicyclic) bond motifs is 1. The van der Waals surface area contributed by atoms with E-state index in [9.17, 15) is 4.79 Å². The lowest BCUT2D eigenvalue weighted by molar-refractivity contribution is 0.0312. The molecule has 7 heteroatoms. The SMILES string of the molecule is CCCONC(=O)c1ccccc1Sc1ccc2cnn(C=Cc3ccccn3)c2c1. The van der Waals surface area contributed by atoms with Crippen LogP contribution >= 0.6 is 11.8 Å². The van der Waals surface area contributed by atoms with E-state index in [0.717, 1.165) is 32.8 Å². The number of nitrogens with one attached hydrogen (secondary N) is 1. The van der Waals surface area contributed by atoms with E-state index in [0.29, 0.717) is 12.2 Å². The molecule has 4 aromatic rings. The van der Waals surface area contributed by atoms with Crippen LogP contribution in [0.3, 0.4) is 0 Å². The van der Waals surface area contributed by atoms with Crippen LogP contribution in [0.5, 0.6) is 0 Å². The predicted octanol–water partition coefficient (Wildman–Crippen LogP) is 5.28. The molecule has 0 bridgehead atoms. The van der Waals surface area contributed by atoms with E-state index in [4.69, 9.17) is 4.84 Å². The van der Waals surface area contributed by atoms with E-state index in [-0.39, 0.29) is 5.91 Å². The summed E-state index contributed by atoms with van der Waals surface area (Å²) in [5.74, 6) is -0.249. The fraction of sp³-hybridized carbons (Fsp3) is 0.125. The Morgan fingerprint density at radius 3 is 2.87 bits per heavy atom. The second kappa shape index (κ2) is 10.1. The Kier molecular flexibility index (Phi) is 6.76. The van der Waals surface area contributed by atoms with Gasteiger partial charge in [-0.3, -0.25) is 14.6 Å². The molecular formula is C24H22N4O2S. The minimum Gasteiger partial charge on any atom is -0.273 e. The number of pyridine rings is 1. The van der Waals surface area contributed by atoms with Gasteiger partial charge in [-0.2, -0.15) is 5.10 Å². The molecule has 0 spiro atoms. The van der Waals surface area contributed by atoms with Gasteiger partial charge in [-0.15, -0.1) is 0 Å². The molecule has 2 aromatic carbocycles. The maximum atomic E-state index is 12.5. The van der Waals surface area contributed by atoms with Gasteiger partial charge < -0.3 is 0 Å². The summed E-state index contributed by atoms with van der Waals surface area (Å²) in [7, 11) is 0. The number of carbonyl (C=O) groups excluding carboxylic acids is 1. The molecule has 0 radical (unpaired) electrons. The number of rotatable bonds is 8. The Bertz CT molecular complexity index is 1200. The maximum absolute atomic E-state index is 12.5. The largest absolute Gasteiger partial charge is 0.275 e. The first-order valence-electron chi connectivity index (χ1n) is 10.00. The van der Waals surface area contributed by atoms with Crippen LogP contribution in [0.4, 0.5) is 0 Å². The smallest absolute Gasteiger partial charge is 0.273 e. The predicted molar refractivity (Wildman–Crippen MR) is 123 cm³/mol. The van der Waals surface area contributed by atoms with Crippen LogP contribution in [-0.4, -0.2) is 27.3 Å². The average Bonchev–Trinajstić information content (AvgIpc) is 3.21. The monoisotopic (exact) mass is 430 g/mol. The number of hydrogen-bond acceptors (Lipinski definition) is 5. The van der Waals surface area contributed by atoms with Crippen molar-refractivity contribution in [2.75, 3.05) is 6.61 Å². The van der Waals surface area contributed by atoms with Crippen molar-refractivity contribution in [3.05, 3.63) is 84.3 Å². The summed E-state index contributed by atoms with van der Waals surface area (Å²) in [6.45, 7) is 2.47. The molecule has 0 aliphatic carbocycles. The van der Waals surface area contributed by atoms with Crippen LogP contribution in [0.1, 0.15) is 29.4 Å². The number of benzene rings is 2. The molecule has 2 heterocycles. The molecule has 2 aromatic heterocycles. The third-order valence-corrected chi connectivity index (χ3v) is 5.54. The molecule has 0 unspecified atom stereocenters. The standard InChI is InChI=1S/C24H22N4O2S/c1-2-15-30-27-24(29)21-8-3-4-9-23(21)31-20-11-10-18-17-26-28(22(18)16-20)14-12-19-7-5-6-13-25-19/h3-14,16-17H,2,15H2,1H3,(H,27,29). The molecule has 1 amide bonds. The number of hydroxylamine groups is 1. The van der Waals surface area contributed by atoms with E-state index >= 15 is 0 Å². The van der Waals surface area contributed by atoms with Crippen LogP contribution in [0.2, 0.25) is 0 Å². The lowest BCUT2D eigenvalue weighted by Crippen LogP contribution is -2.24. The first-order chi connectivity index (χ1) is 15.2. The minimum absolute atomic E-state index is 0.249. The highest BCUT2D eigenvalue weighted by molar-refractivity contribution is 7.99. The zero-order valence-corrected chi connectivity index (χ0v) is 17.9.